The maximum Gasteiger partial charge on any atom is 0.364 e. The van der Waals surface area contributed by atoms with Crippen LogP contribution in [0, 0.1) is 0 Å². The van der Waals surface area contributed by atoms with E-state index in [0.29, 0.717) is 0 Å². The number of carbonyl (C=O) groups is 2. The number of aliphatic hydroxyl groups is 2. The van der Waals surface area contributed by atoms with Gasteiger partial charge in [0.2, 0.25) is 6.04 Å². The molecule has 11 nitrogen and oxygen atoms in total. The summed E-state index contributed by atoms with van der Waals surface area (Å²) >= 11 is 0. The van der Waals surface area contributed by atoms with E-state index in [9.17, 15) is 9.59 Å². The molecule has 1 radical (unpaired) electrons. The van der Waals surface area contributed by atoms with E-state index in [-0.39, 0.29) is 20.4 Å². The maximum atomic E-state index is 9.71. The number of aliphatic hydroxyl groups excluding tert-OH is 2. The molecule has 8 N–H and O–H groups in total. The number of carbonyl (C=O) groups excluding carboxylic acids is 3. The van der Waals surface area contributed by atoms with Gasteiger partial charge in [0, 0.05) is 27.0 Å². The molecule has 0 saturated heterocycles. The van der Waals surface area contributed by atoms with Crippen molar-refractivity contribution in [3.63, 3.8) is 0 Å². The van der Waals surface area contributed by atoms with E-state index in [1.807, 2.05) is 0 Å². The number of carboxylic acids is 2. The van der Waals surface area contributed by atoms with Gasteiger partial charge in [-0.15, -0.1) is 0 Å². The van der Waals surface area contributed by atoms with Gasteiger partial charge in [0.25, 0.3) is 5.97 Å². The first-order chi connectivity index (χ1) is 9.36. The van der Waals surface area contributed by atoms with Crippen molar-refractivity contribution in [1.29, 1.82) is 0 Å². The number of nitrogens with one attached hydrogen (secondary N) is 1. The molecule has 0 aliphatic carbocycles. The van der Waals surface area contributed by atoms with Crippen molar-refractivity contribution in [1.82, 2.24) is 0 Å². The Bertz CT molecular complexity index is 209. The Kier molecular flexibility index (Phi) is 63.2. The predicted octanol–water partition coefficient (Wildman–Crippen LogP) is -3.67. The third-order valence-corrected chi connectivity index (χ3v) is 1.05. The third kappa shape index (κ3) is 45.7. The average Bonchev–Trinajstić information content (AvgIpc) is 2.51. The molecule has 0 heterocycles. The van der Waals surface area contributed by atoms with E-state index in [0.717, 1.165) is 0 Å². The molecule has 0 fully saturated rings. The van der Waals surface area contributed by atoms with E-state index in [4.69, 9.17) is 40.5 Å². The van der Waals surface area contributed by atoms with Crippen LogP contribution < -0.4 is 5.73 Å². The van der Waals surface area contributed by atoms with Crippen molar-refractivity contribution in [3.8, 4) is 0 Å². The van der Waals surface area contributed by atoms with Crippen LogP contribution >= 0.6 is 0 Å². The van der Waals surface area contributed by atoms with E-state index < -0.39 is 37.2 Å². The van der Waals surface area contributed by atoms with Gasteiger partial charge < -0.3 is 46.3 Å². The summed E-state index contributed by atoms with van der Waals surface area (Å²) in [5.41, 5.74) is 9.53. The van der Waals surface area contributed by atoms with Gasteiger partial charge in [-0.05, 0) is 6.04 Å². The van der Waals surface area contributed by atoms with Gasteiger partial charge in [-0.1, -0.05) is 0 Å². The first kappa shape index (κ1) is 36.6. The summed E-state index contributed by atoms with van der Waals surface area (Å²) in [6.07, 6.45) is 0. The molecule has 0 aromatic rings. The molecule has 0 spiro atoms. The minimum Gasteiger partial charge on any atom is -0.663 e. The quantitative estimate of drug-likeness (QED) is 0.196. The van der Waals surface area contributed by atoms with Crippen LogP contribution in [-0.4, -0.2) is 78.0 Å². The molecule has 0 aromatic carbocycles. The van der Waals surface area contributed by atoms with Crippen molar-refractivity contribution in [3.05, 3.63) is 5.73 Å². The van der Waals surface area contributed by atoms with Gasteiger partial charge in [-0.25, -0.2) is 4.79 Å². The number of aliphatic carboxylic acids is 2. The molecule has 2 atom stereocenters. The zero-order valence-electron chi connectivity index (χ0n) is 10.7. The molecule has 0 bridgehead atoms. The fourth-order valence-electron chi connectivity index (χ4n) is 0.156. The van der Waals surface area contributed by atoms with Gasteiger partial charge in [0.05, 0.1) is 0 Å². The molecule has 0 saturated carbocycles. The first-order valence-corrected chi connectivity index (χ1v) is 4.29. The smallest absolute Gasteiger partial charge is 0.364 e. The molecule has 0 rings (SSSR count). The molecule has 0 aliphatic heterocycles. The summed E-state index contributed by atoms with van der Waals surface area (Å²) in [5.74, 6) is -2.36. The van der Waals surface area contributed by atoms with Crippen LogP contribution in [0.1, 0.15) is 0 Å². The Morgan fingerprint density at radius 2 is 1.19 bits per heavy atom. The number of hydrogen-bond donors (Lipinski definition) is 5. The zero-order chi connectivity index (χ0) is 17.7. The summed E-state index contributed by atoms with van der Waals surface area (Å²) in [7, 11) is 0. The Morgan fingerprint density at radius 1 is 0.905 bits per heavy atom. The second-order valence-electron chi connectivity index (χ2n) is 2.29. The molecule has 0 amide bonds. The molecule has 12 heteroatoms. The Labute approximate surface area is 134 Å². The average molecular weight is 483 g/mol. The maximum absolute atomic E-state index is 9.71. The fraction of sp³-hybridized carbons (Fsp3) is 0.444. The summed E-state index contributed by atoms with van der Waals surface area (Å²) in [6.45, 7) is 8.74. The van der Waals surface area contributed by atoms with Crippen LogP contribution in [0.4, 0.5) is 0 Å². The van der Waals surface area contributed by atoms with Crippen LogP contribution in [-0.2, 0) is 44.4 Å². The standard InChI is InChI=1S/C3H7NO3.C3H6NO3.3CHO.Re/c2*4-2(1-5)3(6)7;3*1-2;/h2,5H,1,4H2,(H,6,7);2,4-5H,1H2,(H,6,7);3*1H;/q;4*-1;/p+1/t2*2-;;;;/m00..../s1. The van der Waals surface area contributed by atoms with Crippen molar-refractivity contribution >= 4 is 32.3 Å². The number of carboxylic acid groups (broad SMARTS) is 2. The summed E-state index contributed by atoms with van der Waals surface area (Å²) in [4.78, 5) is 42.5. The Morgan fingerprint density at radius 3 is 1.19 bits per heavy atom. The second kappa shape index (κ2) is 36.2. The molecule has 21 heavy (non-hydrogen) atoms. The molecular formula is C9H17N2O9Re-3. The van der Waals surface area contributed by atoms with Crippen molar-refractivity contribution in [2.24, 2.45) is 0 Å². The van der Waals surface area contributed by atoms with E-state index in [1.54, 1.807) is 0 Å². The SMILES string of the molecule is [CH-]=O.[CH-]=O.[CH-]=O.[NH-][C@@H](CO)C(=O)O.[NH3+][C@@H](CO)C(=O)O.[Re]. The van der Waals surface area contributed by atoms with Crippen molar-refractivity contribution in [2.75, 3.05) is 13.2 Å². The largest absolute Gasteiger partial charge is 0.663 e. The van der Waals surface area contributed by atoms with Gasteiger partial charge in [0.15, 0.2) is 0 Å². The van der Waals surface area contributed by atoms with Crippen molar-refractivity contribution in [2.45, 2.75) is 12.1 Å². The van der Waals surface area contributed by atoms with Gasteiger partial charge >= 0.3 is 5.97 Å². The second-order valence-corrected chi connectivity index (χ2v) is 2.29. The number of quaternary nitrogens is 1. The minimum absolute atomic E-state index is 0. The normalized spacial score (nSPS) is 9.52. The van der Waals surface area contributed by atoms with Crippen LogP contribution in [0.25, 0.3) is 5.73 Å². The van der Waals surface area contributed by atoms with Crippen LogP contribution in [0.2, 0.25) is 0 Å². The van der Waals surface area contributed by atoms with E-state index in [2.05, 4.69) is 26.1 Å². The van der Waals surface area contributed by atoms with Gasteiger partial charge in [-0.2, -0.15) is 0 Å². The molecule has 0 aliphatic rings. The monoisotopic (exact) mass is 484 g/mol. The summed E-state index contributed by atoms with van der Waals surface area (Å²) in [6, 6.07) is -2.25. The van der Waals surface area contributed by atoms with Gasteiger partial charge in [-0.3, -0.25) is 25.2 Å². The van der Waals surface area contributed by atoms with Crippen LogP contribution in [0.15, 0.2) is 0 Å². The molecule has 0 unspecified atom stereocenters. The minimum atomic E-state index is -1.38. The van der Waals surface area contributed by atoms with Crippen molar-refractivity contribution < 1.29 is 70.6 Å². The molecular weight excluding hydrogens is 466 g/mol. The number of rotatable bonds is 4. The Balaban J connectivity index is -0.0000000381. The number of hydrogen-bond acceptors (Lipinski definition) is 7. The van der Waals surface area contributed by atoms with Gasteiger partial charge in [0.1, 0.15) is 6.61 Å². The third-order valence-electron chi connectivity index (χ3n) is 1.05. The summed E-state index contributed by atoms with van der Waals surface area (Å²) in [5, 5.41) is 31.8. The molecule has 127 valence electrons. The Hall–Kier alpha value is -1.55. The fourth-order valence-corrected chi connectivity index (χ4v) is 0.156. The zero-order valence-corrected chi connectivity index (χ0v) is 13.4. The topological polar surface area (TPSA) is 218 Å². The van der Waals surface area contributed by atoms with E-state index in [1.165, 1.54) is 0 Å². The van der Waals surface area contributed by atoms with Crippen LogP contribution in [0.5, 0.6) is 0 Å². The van der Waals surface area contributed by atoms with Crippen LogP contribution in [0.3, 0.4) is 0 Å². The first-order valence-electron chi connectivity index (χ1n) is 4.29. The summed E-state index contributed by atoms with van der Waals surface area (Å²) < 4.78 is 0. The van der Waals surface area contributed by atoms with E-state index >= 15 is 0 Å². The predicted molar refractivity (Wildman–Crippen MR) is 64.5 cm³/mol. The molecule has 0 aromatic heterocycles.